The molecule has 1 heterocycles. The molecule has 0 bridgehead atoms. The molecule has 2 nitrogen and oxygen atoms in total. The van der Waals surface area contributed by atoms with Gasteiger partial charge in [-0.2, -0.15) is 0 Å². The van der Waals surface area contributed by atoms with Gasteiger partial charge in [-0.3, -0.25) is 4.90 Å². The molecule has 1 aromatic rings. The van der Waals surface area contributed by atoms with E-state index in [0.29, 0.717) is 0 Å². The molecule has 1 atom stereocenters. The summed E-state index contributed by atoms with van der Waals surface area (Å²) in [7, 11) is 2.03. The van der Waals surface area contributed by atoms with Crippen LogP contribution in [0.25, 0.3) is 0 Å². The van der Waals surface area contributed by atoms with Gasteiger partial charge < -0.3 is 5.32 Å². The third-order valence-electron chi connectivity index (χ3n) is 3.49. The topological polar surface area (TPSA) is 15.3 Å². The average molecular weight is 253 g/mol. The first kappa shape index (κ1) is 12.9. The maximum Gasteiger partial charge on any atom is 0.0406 e. The number of hydrogen-bond donors (Lipinski definition) is 1. The summed E-state index contributed by atoms with van der Waals surface area (Å²) in [5.74, 6) is 0.870. The number of nitrogens with one attached hydrogen (secondary N) is 1. The van der Waals surface area contributed by atoms with Crippen LogP contribution in [0.4, 0.5) is 0 Å². The minimum absolute atomic E-state index is 0.821. The fraction of sp³-hybridized carbons (Fsp3) is 0.571. The van der Waals surface area contributed by atoms with E-state index in [1.54, 1.807) is 0 Å². The van der Waals surface area contributed by atoms with Crippen molar-refractivity contribution in [2.45, 2.75) is 19.4 Å². The third kappa shape index (κ3) is 3.98. The second-order valence-corrected chi connectivity index (χ2v) is 5.34. The Bertz CT molecular complexity index is 337. The van der Waals surface area contributed by atoms with Crippen molar-refractivity contribution in [1.29, 1.82) is 0 Å². The highest BCUT2D eigenvalue weighted by molar-refractivity contribution is 6.30. The molecule has 0 amide bonds. The van der Waals surface area contributed by atoms with Gasteiger partial charge in [-0.25, -0.2) is 0 Å². The van der Waals surface area contributed by atoms with E-state index >= 15 is 0 Å². The van der Waals surface area contributed by atoms with Crippen molar-refractivity contribution in [1.82, 2.24) is 10.2 Å². The molecule has 1 unspecified atom stereocenters. The SMILES string of the molecule is CNCCC1CCN(Cc2ccc(Cl)cc2)C1. The van der Waals surface area contributed by atoms with Gasteiger partial charge in [-0.05, 0) is 56.6 Å². The predicted molar refractivity (Wildman–Crippen MR) is 73.4 cm³/mol. The van der Waals surface area contributed by atoms with Gasteiger partial charge in [0.25, 0.3) is 0 Å². The zero-order valence-electron chi connectivity index (χ0n) is 10.5. The van der Waals surface area contributed by atoms with Gasteiger partial charge in [0, 0.05) is 18.1 Å². The zero-order valence-corrected chi connectivity index (χ0v) is 11.2. The fourth-order valence-corrected chi connectivity index (χ4v) is 2.61. The largest absolute Gasteiger partial charge is 0.320 e. The predicted octanol–water partition coefficient (Wildman–Crippen LogP) is 2.77. The highest BCUT2D eigenvalue weighted by Crippen LogP contribution is 2.21. The molecule has 1 fully saturated rings. The van der Waals surface area contributed by atoms with Crippen LogP contribution in [0.1, 0.15) is 18.4 Å². The van der Waals surface area contributed by atoms with Crippen molar-refractivity contribution < 1.29 is 0 Å². The third-order valence-corrected chi connectivity index (χ3v) is 3.74. The molecule has 1 aliphatic heterocycles. The Kier molecular flexibility index (Phi) is 4.84. The van der Waals surface area contributed by atoms with E-state index in [4.69, 9.17) is 11.6 Å². The summed E-state index contributed by atoms with van der Waals surface area (Å²) in [5, 5.41) is 4.05. The second-order valence-electron chi connectivity index (χ2n) is 4.91. The highest BCUT2D eigenvalue weighted by atomic mass is 35.5. The van der Waals surface area contributed by atoms with Crippen LogP contribution in [0.3, 0.4) is 0 Å². The lowest BCUT2D eigenvalue weighted by molar-refractivity contribution is 0.313. The Morgan fingerprint density at radius 3 is 2.82 bits per heavy atom. The lowest BCUT2D eigenvalue weighted by Crippen LogP contribution is -2.21. The lowest BCUT2D eigenvalue weighted by Gasteiger charge is -2.16. The minimum atomic E-state index is 0.821. The summed E-state index contributed by atoms with van der Waals surface area (Å²) in [6, 6.07) is 8.21. The zero-order chi connectivity index (χ0) is 12.1. The molecule has 1 aliphatic rings. The van der Waals surface area contributed by atoms with Crippen molar-refractivity contribution in [2.24, 2.45) is 5.92 Å². The first-order valence-electron chi connectivity index (χ1n) is 6.39. The van der Waals surface area contributed by atoms with Crippen molar-refractivity contribution in [3.8, 4) is 0 Å². The molecule has 0 saturated carbocycles. The van der Waals surface area contributed by atoms with Gasteiger partial charge in [0.15, 0.2) is 0 Å². The van der Waals surface area contributed by atoms with Crippen LogP contribution in [0.5, 0.6) is 0 Å². The monoisotopic (exact) mass is 252 g/mol. The van der Waals surface area contributed by atoms with Gasteiger partial charge in [0.05, 0.1) is 0 Å². The maximum absolute atomic E-state index is 5.89. The number of halogens is 1. The van der Waals surface area contributed by atoms with Gasteiger partial charge in [-0.1, -0.05) is 23.7 Å². The van der Waals surface area contributed by atoms with Crippen LogP contribution in [-0.2, 0) is 6.54 Å². The second kappa shape index (κ2) is 6.39. The smallest absolute Gasteiger partial charge is 0.0406 e. The molecule has 1 N–H and O–H groups in total. The summed E-state index contributed by atoms with van der Waals surface area (Å²) in [5.41, 5.74) is 1.36. The van der Waals surface area contributed by atoms with Crippen molar-refractivity contribution >= 4 is 11.6 Å². The molecule has 1 saturated heterocycles. The first-order valence-corrected chi connectivity index (χ1v) is 6.77. The van der Waals surface area contributed by atoms with Crippen molar-refractivity contribution in [2.75, 3.05) is 26.7 Å². The molecular formula is C14H21ClN2. The van der Waals surface area contributed by atoms with E-state index in [9.17, 15) is 0 Å². The Balaban J connectivity index is 1.79. The van der Waals surface area contributed by atoms with Crippen LogP contribution in [-0.4, -0.2) is 31.6 Å². The highest BCUT2D eigenvalue weighted by Gasteiger charge is 2.21. The van der Waals surface area contributed by atoms with Gasteiger partial charge in [-0.15, -0.1) is 0 Å². The molecular weight excluding hydrogens is 232 g/mol. The fourth-order valence-electron chi connectivity index (χ4n) is 2.49. The molecule has 1 aromatic carbocycles. The molecule has 2 rings (SSSR count). The Hall–Kier alpha value is -0.570. The number of likely N-dealkylation sites (tertiary alicyclic amines) is 1. The molecule has 0 spiro atoms. The van der Waals surface area contributed by atoms with E-state index < -0.39 is 0 Å². The number of hydrogen-bond acceptors (Lipinski definition) is 2. The van der Waals surface area contributed by atoms with E-state index in [1.807, 2.05) is 19.2 Å². The van der Waals surface area contributed by atoms with Gasteiger partial charge >= 0.3 is 0 Å². The van der Waals surface area contributed by atoms with Crippen molar-refractivity contribution in [3.05, 3.63) is 34.9 Å². The summed E-state index contributed by atoms with van der Waals surface area (Å²) in [6.45, 7) is 4.67. The molecule has 0 aromatic heterocycles. The minimum Gasteiger partial charge on any atom is -0.320 e. The van der Waals surface area contributed by atoms with Crippen LogP contribution in [0.2, 0.25) is 5.02 Å². The summed E-state index contributed by atoms with van der Waals surface area (Å²) in [4.78, 5) is 2.55. The van der Waals surface area contributed by atoms with Crippen LogP contribution in [0, 0.1) is 5.92 Å². The van der Waals surface area contributed by atoms with Crippen LogP contribution < -0.4 is 5.32 Å². The molecule has 0 aliphatic carbocycles. The van der Waals surface area contributed by atoms with Crippen molar-refractivity contribution in [3.63, 3.8) is 0 Å². The standard InChI is InChI=1S/C14H21ClN2/c1-16-8-6-13-7-9-17(11-13)10-12-2-4-14(15)5-3-12/h2-5,13,16H,6-11H2,1H3. The summed E-state index contributed by atoms with van der Waals surface area (Å²) < 4.78 is 0. The van der Waals surface area contributed by atoms with E-state index in [1.165, 1.54) is 31.5 Å². The Labute approximate surface area is 109 Å². The Morgan fingerprint density at radius 2 is 2.12 bits per heavy atom. The van der Waals surface area contributed by atoms with Crippen LogP contribution in [0.15, 0.2) is 24.3 Å². The number of nitrogens with zero attached hydrogens (tertiary/aromatic N) is 1. The average Bonchev–Trinajstić information content (AvgIpc) is 2.77. The van der Waals surface area contributed by atoms with E-state index in [-0.39, 0.29) is 0 Å². The number of benzene rings is 1. The van der Waals surface area contributed by atoms with E-state index in [0.717, 1.165) is 24.0 Å². The van der Waals surface area contributed by atoms with Crippen LogP contribution >= 0.6 is 11.6 Å². The molecule has 94 valence electrons. The molecule has 3 heteroatoms. The Morgan fingerprint density at radius 1 is 1.35 bits per heavy atom. The summed E-state index contributed by atoms with van der Waals surface area (Å²) in [6.07, 6.45) is 2.64. The van der Waals surface area contributed by atoms with Gasteiger partial charge in [0.1, 0.15) is 0 Å². The maximum atomic E-state index is 5.89. The molecule has 17 heavy (non-hydrogen) atoms. The molecule has 0 radical (unpaired) electrons. The quantitative estimate of drug-likeness (QED) is 0.867. The van der Waals surface area contributed by atoms with Gasteiger partial charge in [0.2, 0.25) is 0 Å². The lowest BCUT2D eigenvalue weighted by atomic mass is 10.1. The normalized spacial score (nSPS) is 20.9. The summed E-state index contributed by atoms with van der Waals surface area (Å²) >= 11 is 5.89. The van der Waals surface area contributed by atoms with E-state index in [2.05, 4.69) is 22.3 Å². The first-order chi connectivity index (χ1) is 8.28. The number of rotatable bonds is 5.